The highest BCUT2D eigenvalue weighted by Crippen LogP contribution is 2.41. The van der Waals surface area contributed by atoms with E-state index in [9.17, 15) is 9.59 Å². The molecule has 134 valence electrons. The molecular formula is C20H22N4O2. The normalized spacial score (nSPS) is 22.4. The summed E-state index contributed by atoms with van der Waals surface area (Å²) >= 11 is 0. The van der Waals surface area contributed by atoms with Crippen molar-refractivity contribution < 1.29 is 9.59 Å². The maximum atomic E-state index is 13.0. The van der Waals surface area contributed by atoms with Gasteiger partial charge in [0.15, 0.2) is 0 Å². The van der Waals surface area contributed by atoms with Crippen LogP contribution in [0.2, 0.25) is 0 Å². The van der Waals surface area contributed by atoms with Gasteiger partial charge >= 0.3 is 0 Å². The molecule has 4 rings (SSSR count). The number of nitrogens with zero attached hydrogens (tertiary/aromatic N) is 4. The zero-order chi connectivity index (χ0) is 18.1. The topological polar surface area (TPSA) is 66.4 Å². The SMILES string of the molecule is Cc1ccc(C(=O)N2CC[C@]3(CCN(Cc4cccnc4)C3=O)C2)cn1. The van der Waals surface area contributed by atoms with Crippen molar-refractivity contribution in [3.05, 3.63) is 59.7 Å². The fourth-order valence-electron chi connectivity index (χ4n) is 3.96. The highest BCUT2D eigenvalue weighted by molar-refractivity contribution is 5.95. The van der Waals surface area contributed by atoms with Crippen LogP contribution in [-0.2, 0) is 11.3 Å². The Hall–Kier alpha value is -2.76. The Morgan fingerprint density at radius 1 is 1.19 bits per heavy atom. The molecule has 6 nitrogen and oxygen atoms in total. The van der Waals surface area contributed by atoms with Crippen LogP contribution in [0.25, 0.3) is 0 Å². The van der Waals surface area contributed by atoms with Crippen molar-refractivity contribution in [2.24, 2.45) is 5.41 Å². The van der Waals surface area contributed by atoms with Gasteiger partial charge in [0.1, 0.15) is 0 Å². The van der Waals surface area contributed by atoms with Crippen LogP contribution in [0.4, 0.5) is 0 Å². The standard InChI is InChI=1S/C20H22N4O2/c1-15-4-5-17(12-22-15)18(25)24-10-7-20(14-24)6-9-23(19(20)26)13-16-3-2-8-21-11-16/h2-5,8,11-12H,6-7,9-10,13-14H2,1H3/t20-/m1/s1. The quantitative estimate of drug-likeness (QED) is 0.850. The van der Waals surface area contributed by atoms with E-state index in [1.165, 1.54) is 0 Å². The molecule has 2 fully saturated rings. The summed E-state index contributed by atoms with van der Waals surface area (Å²) in [7, 11) is 0. The highest BCUT2D eigenvalue weighted by atomic mass is 16.2. The molecule has 2 amide bonds. The average Bonchev–Trinajstić information content (AvgIpc) is 3.23. The molecule has 0 radical (unpaired) electrons. The lowest BCUT2D eigenvalue weighted by Crippen LogP contribution is -2.38. The molecule has 1 spiro atoms. The smallest absolute Gasteiger partial charge is 0.255 e. The van der Waals surface area contributed by atoms with Crippen molar-refractivity contribution in [2.75, 3.05) is 19.6 Å². The van der Waals surface area contributed by atoms with E-state index in [4.69, 9.17) is 0 Å². The third-order valence-corrected chi connectivity index (χ3v) is 5.50. The third kappa shape index (κ3) is 2.96. The zero-order valence-electron chi connectivity index (χ0n) is 14.9. The number of aromatic nitrogens is 2. The number of rotatable bonds is 3. The van der Waals surface area contributed by atoms with Crippen LogP contribution in [0.5, 0.6) is 0 Å². The van der Waals surface area contributed by atoms with Crippen LogP contribution >= 0.6 is 0 Å². The van der Waals surface area contributed by atoms with Gasteiger partial charge in [-0.25, -0.2) is 0 Å². The van der Waals surface area contributed by atoms with E-state index in [1.54, 1.807) is 29.6 Å². The predicted octanol–water partition coefficient (Wildman–Crippen LogP) is 2.05. The van der Waals surface area contributed by atoms with E-state index in [2.05, 4.69) is 9.97 Å². The monoisotopic (exact) mass is 350 g/mol. The second-order valence-corrected chi connectivity index (χ2v) is 7.28. The van der Waals surface area contributed by atoms with Crippen LogP contribution < -0.4 is 0 Å². The fourth-order valence-corrected chi connectivity index (χ4v) is 3.96. The Kier molecular flexibility index (Phi) is 4.18. The summed E-state index contributed by atoms with van der Waals surface area (Å²) in [5, 5.41) is 0. The van der Waals surface area contributed by atoms with E-state index in [0.717, 1.165) is 30.6 Å². The summed E-state index contributed by atoms with van der Waals surface area (Å²) in [6, 6.07) is 7.52. The van der Waals surface area contributed by atoms with Crippen molar-refractivity contribution in [3.63, 3.8) is 0 Å². The van der Waals surface area contributed by atoms with Gasteiger partial charge in [-0.3, -0.25) is 19.6 Å². The van der Waals surface area contributed by atoms with Gasteiger partial charge in [-0.15, -0.1) is 0 Å². The van der Waals surface area contributed by atoms with Crippen molar-refractivity contribution in [2.45, 2.75) is 26.3 Å². The Labute approximate surface area is 152 Å². The molecule has 6 heteroatoms. The Morgan fingerprint density at radius 3 is 2.77 bits per heavy atom. The second-order valence-electron chi connectivity index (χ2n) is 7.28. The van der Waals surface area contributed by atoms with E-state index in [-0.39, 0.29) is 11.8 Å². The number of pyridine rings is 2. The molecule has 26 heavy (non-hydrogen) atoms. The molecule has 1 atom stereocenters. The van der Waals surface area contributed by atoms with Gasteiger partial charge < -0.3 is 9.80 Å². The lowest BCUT2D eigenvalue weighted by atomic mass is 9.85. The number of amides is 2. The Morgan fingerprint density at radius 2 is 2.04 bits per heavy atom. The maximum absolute atomic E-state index is 13.0. The lowest BCUT2D eigenvalue weighted by Gasteiger charge is -2.23. The van der Waals surface area contributed by atoms with Gasteiger partial charge in [0.2, 0.25) is 5.91 Å². The largest absolute Gasteiger partial charge is 0.338 e. The molecule has 4 heterocycles. The van der Waals surface area contributed by atoms with Crippen LogP contribution in [0.15, 0.2) is 42.9 Å². The summed E-state index contributed by atoms with van der Waals surface area (Å²) in [6.45, 7) is 4.35. The first kappa shape index (κ1) is 16.7. The van der Waals surface area contributed by atoms with Crippen molar-refractivity contribution in [1.82, 2.24) is 19.8 Å². The van der Waals surface area contributed by atoms with Gasteiger partial charge in [-0.2, -0.15) is 0 Å². The van der Waals surface area contributed by atoms with Crippen LogP contribution in [-0.4, -0.2) is 51.2 Å². The highest BCUT2D eigenvalue weighted by Gasteiger charge is 2.51. The molecule has 2 aliphatic heterocycles. The molecule has 2 aromatic heterocycles. The average molecular weight is 350 g/mol. The number of hydrogen-bond acceptors (Lipinski definition) is 4. The Bertz CT molecular complexity index is 821. The number of aryl methyl sites for hydroxylation is 1. The third-order valence-electron chi connectivity index (χ3n) is 5.50. The summed E-state index contributed by atoms with van der Waals surface area (Å²) in [4.78, 5) is 37.8. The fraction of sp³-hybridized carbons (Fsp3) is 0.400. The van der Waals surface area contributed by atoms with Crippen molar-refractivity contribution >= 4 is 11.8 Å². The van der Waals surface area contributed by atoms with Gasteiger partial charge in [0.25, 0.3) is 5.91 Å². The Balaban J connectivity index is 1.45. The van der Waals surface area contributed by atoms with Crippen LogP contribution in [0.1, 0.15) is 34.5 Å². The molecule has 0 bridgehead atoms. The van der Waals surface area contributed by atoms with Crippen molar-refractivity contribution in [3.8, 4) is 0 Å². The number of hydrogen-bond donors (Lipinski definition) is 0. The van der Waals surface area contributed by atoms with E-state index in [0.29, 0.717) is 25.2 Å². The molecule has 2 aromatic rings. The van der Waals surface area contributed by atoms with Crippen molar-refractivity contribution in [1.29, 1.82) is 0 Å². The van der Waals surface area contributed by atoms with Crippen LogP contribution in [0, 0.1) is 12.3 Å². The molecule has 0 saturated carbocycles. The number of carbonyl (C=O) groups is 2. The predicted molar refractivity (Wildman–Crippen MR) is 96.2 cm³/mol. The molecule has 0 N–H and O–H groups in total. The number of carbonyl (C=O) groups excluding carboxylic acids is 2. The van der Waals surface area contributed by atoms with Gasteiger partial charge in [-0.1, -0.05) is 6.07 Å². The first-order valence-corrected chi connectivity index (χ1v) is 8.98. The minimum absolute atomic E-state index is 0.0344. The molecule has 0 unspecified atom stereocenters. The summed E-state index contributed by atoms with van der Waals surface area (Å²) in [5.74, 6) is 0.131. The molecule has 0 aromatic carbocycles. The molecular weight excluding hydrogens is 328 g/mol. The second kappa shape index (κ2) is 6.52. The molecule has 0 aliphatic carbocycles. The van der Waals surface area contributed by atoms with Gasteiger partial charge in [0, 0.05) is 50.5 Å². The minimum atomic E-state index is -0.421. The van der Waals surface area contributed by atoms with Gasteiger partial charge in [0.05, 0.1) is 11.0 Å². The lowest BCUT2D eigenvalue weighted by molar-refractivity contribution is -0.135. The summed E-state index contributed by atoms with van der Waals surface area (Å²) < 4.78 is 0. The minimum Gasteiger partial charge on any atom is -0.338 e. The van der Waals surface area contributed by atoms with E-state index < -0.39 is 5.41 Å². The zero-order valence-corrected chi connectivity index (χ0v) is 14.9. The van der Waals surface area contributed by atoms with E-state index >= 15 is 0 Å². The number of likely N-dealkylation sites (tertiary alicyclic amines) is 2. The first-order valence-electron chi connectivity index (χ1n) is 8.98. The van der Waals surface area contributed by atoms with Gasteiger partial charge in [-0.05, 0) is 43.5 Å². The first-order chi connectivity index (χ1) is 12.6. The van der Waals surface area contributed by atoms with Crippen LogP contribution in [0.3, 0.4) is 0 Å². The van der Waals surface area contributed by atoms with E-state index in [1.807, 2.05) is 30.0 Å². The molecule has 2 aliphatic rings. The summed E-state index contributed by atoms with van der Waals surface area (Å²) in [6.07, 6.45) is 6.70. The molecule has 2 saturated heterocycles. The maximum Gasteiger partial charge on any atom is 0.255 e. The summed E-state index contributed by atoms with van der Waals surface area (Å²) in [5.41, 5.74) is 2.09.